The van der Waals surface area contributed by atoms with Gasteiger partial charge in [0.2, 0.25) is 0 Å². The van der Waals surface area contributed by atoms with E-state index < -0.39 is 39.3 Å². The monoisotopic (exact) mass is 513 g/mol. The molecule has 1 heterocycles. The standard InChI is InChI=1S/C26H27NO8S/c1-33-23(28)17-13-14-26(24(29)34-2,25(30)35-3)16-20-19-11-7-8-12-21(19)27(22(20)15-17)36(31,32)18-9-5-4-6-10-18/h4-12,17H,13-16H2,1-3H3. The van der Waals surface area contributed by atoms with Gasteiger partial charge in [0, 0.05) is 23.9 Å². The van der Waals surface area contributed by atoms with Crippen LogP contribution < -0.4 is 0 Å². The van der Waals surface area contributed by atoms with E-state index in [1.54, 1.807) is 42.5 Å². The molecule has 1 aliphatic carbocycles. The number of fused-ring (bicyclic) bond motifs is 3. The van der Waals surface area contributed by atoms with Gasteiger partial charge in [0.05, 0.1) is 37.7 Å². The van der Waals surface area contributed by atoms with Crippen molar-refractivity contribution >= 4 is 38.8 Å². The molecule has 0 N–H and O–H groups in total. The van der Waals surface area contributed by atoms with Crippen molar-refractivity contribution in [3.8, 4) is 0 Å². The van der Waals surface area contributed by atoms with Crippen LogP contribution in [-0.4, -0.2) is 51.6 Å². The van der Waals surface area contributed by atoms with E-state index in [4.69, 9.17) is 14.2 Å². The number of hydrogen-bond acceptors (Lipinski definition) is 8. The van der Waals surface area contributed by atoms with Crippen LogP contribution in [0.1, 0.15) is 24.1 Å². The average Bonchev–Trinajstić information content (AvgIpc) is 3.20. The lowest BCUT2D eigenvalue weighted by Gasteiger charge is -2.32. The number of carbonyl (C=O) groups excluding carboxylic acids is 3. The average molecular weight is 514 g/mol. The van der Waals surface area contributed by atoms with Crippen molar-refractivity contribution in [1.29, 1.82) is 0 Å². The second-order valence-electron chi connectivity index (χ2n) is 8.73. The summed E-state index contributed by atoms with van der Waals surface area (Å²) < 4.78 is 44.1. The predicted molar refractivity (Wildman–Crippen MR) is 130 cm³/mol. The number of hydrogen-bond donors (Lipinski definition) is 0. The van der Waals surface area contributed by atoms with Crippen molar-refractivity contribution in [1.82, 2.24) is 3.97 Å². The van der Waals surface area contributed by atoms with E-state index in [1.165, 1.54) is 37.4 Å². The van der Waals surface area contributed by atoms with Crippen LogP contribution in [0, 0.1) is 11.3 Å². The second-order valence-corrected chi connectivity index (χ2v) is 10.5. The summed E-state index contributed by atoms with van der Waals surface area (Å²) in [6.45, 7) is 0. The first-order valence-electron chi connectivity index (χ1n) is 11.4. The molecule has 3 aromatic rings. The van der Waals surface area contributed by atoms with Gasteiger partial charge >= 0.3 is 17.9 Å². The maximum Gasteiger partial charge on any atom is 0.323 e. The van der Waals surface area contributed by atoms with Crippen molar-refractivity contribution in [3.05, 3.63) is 65.9 Å². The summed E-state index contributed by atoms with van der Waals surface area (Å²) in [5.41, 5.74) is -0.613. The summed E-state index contributed by atoms with van der Waals surface area (Å²) in [5, 5.41) is 0.551. The first kappa shape index (κ1) is 25.4. The summed E-state index contributed by atoms with van der Waals surface area (Å²) in [4.78, 5) is 39.0. The Bertz CT molecular complexity index is 1410. The molecule has 1 unspecified atom stereocenters. The van der Waals surface area contributed by atoms with Gasteiger partial charge in [0.15, 0.2) is 5.41 Å². The van der Waals surface area contributed by atoms with E-state index in [1.807, 2.05) is 0 Å². The van der Waals surface area contributed by atoms with Gasteiger partial charge in [-0.05, 0) is 36.6 Å². The Morgan fingerprint density at radius 3 is 2.11 bits per heavy atom. The molecule has 36 heavy (non-hydrogen) atoms. The molecule has 1 aliphatic rings. The van der Waals surface area contributed by atoms with Crippen LogP contribution in [0.3, 0.4) is 0 Å². The Balaban J connectivity index is 2.09. The molecule has 4 rings (SSSR count). The van der Waals surface area contributed by atoms with Gasteiger partial charge in [-0.2, -0.15) is 0 Å². The van der Waals surface area contributed by atoms with Gasteiger partial charge in [-0.3, -0.25) is 14.4 Å². The van der Waals surface area contributed by atoms with Gasteiger partial charge in [0.1, 0.15) is 0 Å². The summed E-state index contributed by atoms with van der Waals surface area (Å²) in [7, 11) is -0.514. The first-order chi connectivity index (χ1) is 17.2. The van der Waals surface area contributed by atoms with E-state index in [0.717, 1.165) is 0 Å². The van der Waals surface area contributed by atoms with E-state index in [9.17, 15) is 22.8 Å². The lowest BCUT2D eigenvalue weighted by Crippen LogP contribution is -2.45. The highest BCUT2D eigenvalue weighted by molar-refractivity contribution is 7.90. The quantitative estimate of drug-likeness (QED) is 0.290. The Morgan fingerprint density at radius 2 is 1.50 bits per heavy atom. The Labute approximate surface area is 209 Å². The Hall–Kier alpha value is -3.66. The number of methoxy groups -OCH3 is 3. The molecule has 0 saturated heterocycles. The summed E-state index contributed by atoms with van der Waals surface area (Å²) >= 11 is 0. The van der Waals surface area contributed by atoms with Gasteiger partial charge in [-0.1, -0.05) is 36.4 Å². The topological polar surface area (TPSA) is 118 Å². The van der Waals surface area contributed by atoms with Crippen LogP contribution in [-0.2, 0) is 51.5 Å². The number of nitrogens with zero attached hydrogens (tertiary/aromatic N) is 1. The first-order valence-corrected chi connectivity index (χ1v) is 12.8. The van der Waals surface area contributed by atoms with E-state index in [0.29, 0.717) is 22.2 Å². The van der Waals surface area contributed by atoms with Crippen molar-refractivity contribution in [3.63, 3.8) is 0 Å². The molecular formula is C26H27NO8S. The minimum Gasteiger partial charge on any atom is -0.469 e. The minimum absolute atomic E-state index is 0.0313. The third kappa shape index (κ3) is 4.05. The summed E-state index contributed by atoms with van der Waals surface area (Å²) in [6, 6.07) is 14.8. The van der Waals surface area contributed by atoms with E-state index >= 15 is 0 Å². The summed E-state index contributed by atoms with van der Waals surface area (Å²) in [6.07, 6.45) is -0.0473. The van der Waals surface area contributed by atoms with Crippen LogP contribution in [0.5, 0.6) is 0 Å². The fourth-order valence-electron chi connectivity index (χ4n) is 5.04. The van der Waals surface area contributed by atoms with Crippen molar-refractivity contribution in [2.75, 3.05) is 21.3 Å². The zero-order valence-electron chi connectivity index (χ0n) is 20.2. The van der Waals surface area contributed by atoms with Crippen molar-refractivity contribution in [2.45, 2.75) is 30.6 Å². The highest BCUT2D eigenvalue weighted by atomic mass is 32.2. The fourth-order valence-corrected chi connectivity index (χ4v) is 6.65. The van der Waals surface area contributed by atoms with Crippen LogP contribution in [0.15, 0.2) is 59.5 Å². The molecule has 1 aromatic heterocycles. The normalized spacial score (nSPS) is 17.4. The Kier molecular flexibility index (Phi) is 6.90. The molecule has 190 valence electrons. The largest absolute Gasteiger partial charge is 0.469 e. The van der Waals surface area contributed by atoms with E-state index in [-0.39, 0.29) is 30.6 Å². The van der Waals surface area contributed by atoms with Crippen LogP contribution in [0.25, 0.3) is 10.9 Å². The molecule has 0 saturated carbocycles. The number of ether oxygens (including phenoxy) is 3. The fraction of sp³-hybridized carbons (Fsp3) is 0.346. The lowest BCUT2D eigenvalue weighted by molar-refractivity contribution is -0.171. The van der Waals surface area contributed by atoms with Crippen LogP contribution >= 0.6 is 0 Å². The Morgan fingerprint density at radius 1 is 0.889 bits per heavy atom. The zero-order valence-corrected chi connectivity index (χ0v) is 21.0. The number of carbonyl (C=O) groups is 3. The molecule has 0 aliphatic heterocycles. The molecule has 9 nitrogen and oxygen atoms in total. The van der Waals surface area contributed by atoms with Crippen LogP contribution in [0.4, 0.5) is 0 Å². The molecule has 1 atom stereocenters. The third-order valence-electron chi connectivity index (χ3n) is 6.85. The molecule has 0 spiro atoms. The number of esters is 3. The summed E-state index contributed by atoms with van der Waals surface area (Å²) in [5.74, 6) is -3.00. The third-order valence-corrected chi connectivity index (χ3v) is 8.61. The van der Waals surface area contributed by atoms with Crippen molar-refractivity contribution in [2.24, 2.45) is 11.3 Å². The molecule has 2 aromatic carbocycles. The zero-order chi connectivity index (χ0) is 26.1. The number of rotatable bonds is 5. The molecule has 0 fully saturated rings. The van der Waals surface area contributed by atoms with Crippen molar-refractivity contribution < 1.29 is 37.0 Å². The minimum atomic E-state index is -4.10. The van der Waals surface area contributed by atoms with Gasteiger partial charge in [-0.15, -0.1) is 0 Å². The van der Waals surface area contributed by atoms with E-state index in [2.05, 4.69) is 0 Å². The smallest absolute Gasteiger partial charge is 0.323 e. The molecule has 10 heteroatoms. The molecule has 0 bridgehead atoms. The number of para-hydroxylation sites is 1. The lowest BCUT2D eigenvalue weighted by atomic mass is 9.72. The van der Waals surface area contributed by atoms with Gasteiger partial charge in [0.25, 0.3) is 10.0 Å². The maximum absolute atomic E-state index is 13.9. The SMILES string of the molecule is COC(=O)C1CCC(C(=O)OC)(C(=O)OC)Cc2c(n(S(=O)(=O)c3ccccc3)c3ccccc23)C1. The number of benzene rings is 2. The van der Waals surface area contributed by atoms with Gasteiger partial charge in [-0.25, -0.2) is 12.4 Å². The molecule has 0 amide bonds. The van der Waals surface area contributed by atoms with Gasteiger partial charge < -0.3 is 14.2 Å². The highest BCUT2D eigenvalue weighted by Crippen LogP contribution is 2.42. The molecular weight excluding hydrogens is 486 g/mol. The maximum atomic E-state index is 13.9. The molecule has 0 radical (unpaired) electrons. The van der Waals surface area contributed by atoms with Crippen LogP contribution in [0.2, 0.25) is 0 Å². The predicted octanol–water partition coefficient (Wildman–Crippen LogP) is 2.88. The highest BCUT2D eigenvalue weighted by Gasteiger charge is 2.51. The second kappa shape index (κ2) is 9.77. The number of aromatic nitrogens is 1.